The van der Waals surface area contributed by atoms with Gasteiger partial charge in [0.2, 0.25) is 0 Å². The maximum Gasteiger partial charge on any atom is 0.416 e. The molecule has 0 unspecified atom stereocenters. The lowest BCUT2D eigenvalue weighted by atomic mass is 10.0. The summed E-state index contributed by atoms with van der Waals surface area (Å²) in [5.41, 5.74) is 0.535. The molecule has 1 amide bonds. The summed E-state index contributed by atoms with van der Waals surface area (Å²) in [5, 5.41) is 4.38. The number of hydrogen-bond donors (Lipinski definition) is 1. The van der Waals surface area contributed by atoms with E-state index in [1.165, 1.54) is 23.8 Å². The molecule has 0 fully saturated rings. The zero-order chi connectivity index (χ0) is 27.0. The van der Waals surface area contributed by atoms with Crippen molar-refractivity contribution < 1.29 is 22.7 Å². The lowest BCUT2D eigenvalue weighted by Crippen LogP contribution is -2.27. The Balaban J connectivity index is 1.67. The molecule has 0 spiro atoms. The average Bonchev–Trinajstić information content (AvgIpc) is 2.93. The number of carbonyl (C=O) groups excluding carboxylic acids is 1. The van der Waals surface area contributed by atoms with Crippen molar-refractivity contribution in [1.82, 2.24) is 14.9 Å². The minimum absolute atomic E-state index is 0.270. The molecule has 0 saturated heterocycles. The third-order valence-corrected chi connectivity index (χ3v) is 6.38. The van der Waals surface area contributed by atoms with Crippen LogP contribution in [0.1, 0.15) is 34.6 Å². The Hall–Kier alpha value is -4.66. The summed E-state index contributed by atoms with van der Waals surface area (Å²) < 4.78 is 46.1. The lowest BCUT2D eigenvalue weighted by molar-refractivity contribution is -0.137. The zero-order valence-electron chi connectivity index (χ0n) is 20.4. The Morgan fingerprint density at radius 2 is 1.71 bits per heavy atom. The molecule has 5 aromatic rings. The maximum atomic E-state index is 13.6. The fourth-order valence-corrected chi connectivity index (χ4v) is 4.42. The van der Waals surface area contributed by atoms with Gasteiger partial charge in [-0.2, -0.15) is 13.2 Å². The fraction of sp³-hybridized carbons (Fsp3) is 0.138. The number of pyridine rings is 2. The van der Waals surface area contributed by atoms with Crippen LogP contribution >= 0.6 is 0 Å². The van der Waals surface area contributed by atoms with E-state index in [1.54, 1.807) is 48.7 Å². The second-order valence-electron chi connectivity index (χ2n) is 8.78. The molecule has 5 rings (SSSR count). The highest BCUT2D eigenvalue weighted by Crippen LogP contribution is 2.32. The average molecular weight is 518 g/mol. The van der Waals surface area contributed by atoms with E-state index in [-0.39, 0.29) is 17.6 Å². The summed E-state index contributed by atoms with van der Waals surface area (Å²) in [6, 6.07) is 19.3. The number of alkyl halides is 3. The summed E-state index contributed by atoms with van der Waals surface area (Å²) in [6.45, 7) is 1.82. The van der Waals surface area contributed by atoms with Gasteiger partial charge >= 0.3 is 6.18 Å². The van der Waals surface area contributed by atoms with Crippen LogP contribution in [0.2, 0.25) is 0 Å². The molecule has 0 bridgehead atoms. The number of halogens is 3. The summed E-state index contributed by atoms with van der Waals surface area (Å²) in [6.07, 6.45) is -2.85. The molecule has 9 heteroatoms. The largest absolute Gasteiger partial charge is 0.497 e. The molecule has 1 atom stereocenters. The fourth-order valence-electron chi connectivity index (χ4n) is 4.42. The van der Waals surface area contributed by atoms with E-state index in [0.29, 0.717) is 38.7 Å². The van der Waals surface area contributed by atoms with E-state index in [9.17, 15) is 22.8 Å². The standard InChI is InChI=1S/C29H22F3N3O3/c1-17(25-5-3-4-14-33-25)34-27(36)18-6-13-26-24(15-18)23-16-21(38-2)11-12-22(23)28(37)35(26)20-9-7-19(8-10-20)29(30,31)32/h3-17H,1-2H3,(H,34,36)/t17-/m0/s1. The minimum atomic E-state index is -4.50. The Labute approximate surface area is 215 Å². The Morgan fingerprint density at radius 3 is 2.37 bits per heavy atom. The summed E-state index contributed by atoms with van der Waals surface area (Å²) in [5.74, 6) is 0.178. The van der Waals surface area contributed by atoms with Gasteiger partial charge < -0.3 is 10.1 Å². The lowest BCUT2D eigenvalue weighted by Gasteiger charge is -2.17. The highest BCUT2D eigenvalue weighted by atomic mass is 19.4. The first-order valence-electron chi connectivity index (χ1n) is 11.7. The van der Waals surface area contributed by atoms with Crippen LogP contribution in [0.25, 0.3) is 27.4 Å². The maximum absolute atomic E-state index is 13.6. The van der Waals surface area contributed by atoms with Gasteiger partial charge in [-0.15, -0.1) is 0 Å². The first-order chi connectivity index (χ1) is 18.2. The Morgan fingerprint density at radius 1 is 0.947 bits per heavy atom. The topological polar surface area (TPSA) is 73.2 Å². The van der Waals surface area contributed by atoms with Gasteiger partial charge in [0.1, 0.15) is 5.75 Å². The number of methoxy groups -OCH3 is 1. The molecule has 192 valence electrons. The van der Waals surface area contributed by atoms with Crippen LogP contribution in [-0.4, -0.2) is 22.6 Å². The van der Waals surface area contributed by atoms with Gasteiger partial charge in [-0.3, -0.25) is 19.1 Å². The number of aromatic nitrogens is 2. The second-order valence-corrected chi connectivity index (χ2v) is 8.78. The van der Waals surface area contributed by atoms with Crippen LogP contribution in [0.5, 0.6) is 5.75 Å². The van der Waals surface area contributed by atoms with Crippen molar-refractivity contribution in [2.24, 2.45) is 0 Å². The third-order valence-electron chi connectivity index (χ3n) is 6.38. The van der Waals surface area contributed by atoms with E-state index < -0.39 is 17.3 Å². The minimum Gasteiger partial charge on any atom is -0.497 e. The number of rotatable bonds is 5. The van der Waals surface area contributed by atoms with Crippen molar-refractivity contribution in [3.63, 3.8) is 0 Å². The number of benzene rings is 3. The van der Waals surface area contributed by atoms with Gasteiger partial charge in [-0.05, 0) is 79.7 Å². The van der Waals surface area contributed by atoms with Crippen molar-refractivity contribution in [2.45, 2.75) is 19.1 Å². The SMILES string of the molecule is COc1ccc2c(=O)n(-c3ccc(C(F)(F)F)cc3)c3ccc(C(=O)N[C@@H](C)c4ccccn4)cc3c2c1. The van der Waals surface area contributed by atoms with Gasteiger partial charge in [0.25, 0.3) is 11.5 Å². The molecule has 2 aromatic heterocycles. The summed E-state index contributed by atoms with van der Waals surface area (Å²) in [4.78, 5) is 31.0. The molecule has 0 aliphatic rings. The Kier molecular flexibility index (Phi) is 6.36. The van der Waals surface area contributed by atoms with Crippen molar-refractivity contribution in [2.75, 3.05) is 7.11 Å². The molecule has 3 aromatic carbocycles. The monoisotopic (exact) mass is 517 g/mol. The summed E-state index contributed by atoms with van der Waals surface area (Å²) in [7, 11) is 1.50. The van der Waals surface area contributed by atoms with Gasteiger partial charge in [0, 0.05) is 33.6 Å². The normalized spacial score (nSPS) is 12.4. The first kappa shape index (κ1) is 25.0. The first-order valence-corrected chi connectivity index (χ1v) is 11.7. The van der Waals surface area contributed by atoms with Crippen LogP contribution in [0.3, 0.4) is 0 Å². The molecule has 0 saturated carbocycles. The van der Waals surface area contributed by atoms with Crippen LogP contribution in [-0.2, 0) is 6.18 Å². The van der Waals surface area contributed by atoms with E-state index in [2.05, 4.69) is 10.3 Å². The molecule has 6 nitrogen and oxygen atoms in total. The van der Waals surface area contributed by atoms with Gasteiger partial charge in [0.05, 0.1) is 29.9 Å². The number of carbonyl (C=O) groups is 1. The zero-order valence-corrected chi connectivity index (χ0v) is 20.4. The van der Waals surface area contributed by atoms with Gasteiger partial charge in [-0.1, -0.05) is 6.07 Å². The van der Waals surface area contributed by atoms with Gasteiger partial charge in [0.15, 0.2) is 0 Å². The number of hydrogen-bond acceptors (Lipinski definition) is 4. The summed E-state index contributed by atoms with van der Waals surface area (Å²) >= 11 is 0. The van der Waals surface area contributed by atoms with Crippen molar-refractivity contribution >= 4 is 27.6 Å². The van der Waals surface area contributed by atoms with Crippen LogP contribution in [0.4, 0.5) is 13.2 Å². The van der Waals surface area contributed by atoms with Crippen LogP contribution in [0, 0.1) is 0 Å². The van der Waals surface area contributed by atoms with E-state index in [0.717, 1.165) is 12.1 Å². The predicted molar refractivity (Wildman–Crippen MR) is 139 cm³/mol. The van der Waals surface area contributed by atoms with Crippen LogP contribution in [0.15, 0.2) is 89.9 Å². The number of nitrogens with one attached hydrogen (secondary N) is 1. The molecule has 2 heterocycles. The van der Waals surface area contributed by atoms with Crippen molar-refractivity contribution in [3.05, 3.63) is 112 Å². The van der Waals surface area contributed by atoms with Crippen LogP contribution < -0.4 is 15.6 Å². The quantitative estimate of drug-likeness (QED) is 0.288. The number of amides is 1. The second kappa shape index (κ2) is 9.66. The molecule has 38 heavy (non-hydrogen) atoms. The molecule has 0 radical (unpaired) electrons. The van der Waals surface area contributed by atoms with Gasteiger partial charge in [-0.25, -0.2) is 0 Å². The number of nitrogens with zero attached hydrogens (tertiary/aromatic N) is 2. The van der Waals surface area contributed by atoms with Crippen molar-refractivity contribution in [3.8, 4) is 11.4 Å². The Bertz CT molecular complexity index is 1710. The van der Waals surface area contributed by atoms with E-state index >= 15 is 0 Å². The highest BCUT2D eigenvalue weighted by molar-refractivity contribution is 6.09. The molecular formula is C29H22F3N3O3. The number of fused-ring (bicyclic) bond motifs is 3. The van der Waals surface area contributed by atoms with Crippen molar-refractivity contribution in [1.29, 1.82) is 0 Å². The van der Waals surface area contributed by atoms with E-state index in [4.69, 9.17) is 4.74 Å². The molecule has 0 aliphatic heterocycles. The number of ether oxygens (including phenoxy) is 1. The highest BCUT2D eigenvalue weighted by Gasteiger charge is 2.30. The molecular weight excluding hydrogens is 495 g/mol. The predicted octanol–water partition coefficient (Wildman–Crippen LogP) is 6.06. The van der Waals surface area contributed by atoms with E-state index in [1.807, 2.05) is 19.1 Å². The molecule has 1 N–H and O–H groups in total. The molecule has 0 aliphatic carbocycles. The smallest absolute Gasteiger partial charge is 0.416 e. The third kappa shape index (κ3) is 4.58.